The van der Waals surface area contributed by atoms with Gasteiger partial charge in [-0.15, -0.1) is 0 Å². The number of halogens is 1. The fraction of sp³-hybridized carbons (Fsp3) is 0.280. The molecule has 0 bridgehead atoms. The van der Waals surface area contributed by atoms with Crippen molar-refractivity contribution >= 4 is 21.4 Å². The first-order valence-corrected chi connectivity index (χ1v) is 12.3. The van der Waals surface area contributed by atoms with Gasteiger partial charge in [-0.25, -0.2) is 8.42 Å². The van der Waals surface area contributed by atoms with Gasteiger partial charge in [-0.2, -0.15) is 0 Å². The van der Waals surface area contributed by atoms with E-state index < -0.39 is 9.84 Å². The van der Waals surface area contributed by atoms with Gasteiger partial charge in [0.1, 0.15) is 23.0 Å². The molecule has 0 atom stereocenters. The topological polar surface area (TPSA) is 55.8 Å². The number of sulfone groups is 1. The standard InChI is InChI=1S/C25H26ClNO4S/c1-27-13-11-19-15-24(30-2)25(16-20(19)12-14-27)32(28,29)23-9-7-22(8-10-23)31-17-18-3-5-21(26)6-4-18/h3-10,15-16H,11-14,17H2,1-2H3. The minimum Gasteiger partial charge on any atom is -0.495 e. The summed E-state index contributed by atoms with van der Waals surface area (Å²) in [5, 5.41) is 0.670. The van der Waals surface area contributed by atoms with Crippen LogP contribution in [-0.2, 0) is 29.3 Å². The SMILES string of the molecule is COc1cc2c(cc1S(=O)(=O)c1ccc(OCc3ccc(Cl)cc3)cc1)CCN(C)CC2. The maximum atomic E-state index is 13.4. The van der Waals surface area contributed by atoms with E-state index in [0.717, 1.165) is 42.6 Å². The Balaban J connectivity index is 1.57. The molecular weight excluding hydrogens is 446 g/mol. The van der Waals surface area contributed by atoms with Crippen LogP contribution in [0.1, 0.15) is 16.7 Å². The number of methoxy groups -OCH3 is 1. The normalized spacial score (nSPS) is 14.5. The highest BCUT2D eigenvalue weighted by Gasteiger charge is 2.25. The largest absolute Gasteiger partial charge is 0.495 e. The van der Waals surface area contributed by atoms with E-state index in [2.05, 4.69) is 11.9 Å². The second kappa shape index (κ2) is 9.53. The molecule has 5 nitrogen and oxygen atoms in total. The van der Waals surface area contributed by atoms with Crippen molar-refractivity contribution in [1.82, 2.24) is 4.90 Å². The van der Waals surface area contributed by atoms with Crippen LogP contribution in [0.4, 0.5) is 0 Å². The van der Waals surface area contributed by atoms with Crippen LogP contribution in [0.2, 0.25) is 5.02 Å². The third kappa shape index (κ3) is 4.93. The van der Waals surface area contributed by atoms with Gasteiger partial charge in [-0.05, 0) is 85.1 Å². The summed E-state index contributed by atoms with van der Waals surface area (Å²) in [5.41, 5.74) is 3.19. The minimum atomic E-state index is -3.74. The Kier molecular flexibility index (Phi) is 6.74. The van der Waals surface area contributed by atoms with Crippen molar-refractivity contribution in [3.8, 4) is 11.5 Å². The number of nitrogens with zero attached hydrogens (tertiary/aromatic N) is 1. The molecule has 0 aliphatic carbocycles. The van der Waals surface area contributed by atoms with Crippen LogP contribution in [-0.4, -0.2) is 40.6 Å². The van der Waals surface area contributed by atoms with Crippen LogP contribution in [0.5, 0.6) is 11.5 Å². The Labute approximate surface area is 194 Å². The number of likely N-dealkylation sites (N-methyl/N-ethyl adjacent to an activating group) is 1. The molecule has 0 fully saturated rings. The molecule has 0 radical (unpaired) electrons. The molecule has 0 spiro atoms. The van der Waals surface area contributed by atoms with Gasteiger partial charge < -0.3 is 14.4 Å². The second-order valence-corrected chi connectivity index (χ2v) is 10.3. The number of rotatable bonds is 6. The molecule has 1 aliphatic rings. The van der Waals surface area contributed by atoms with Crippen molar-refractivity contribution in [1.29, 1.82) is 0 Å². The molecule has 168 valence electrons. The third-order valence-electron chi connectivity index (χ3n) is 5.75. The van der Waals surface area contributed by atoms with Crippen molar-refractivity contribution in [3.05, 3.63) is 82.4 Å². The molecular formula is C25H26ClNO4S. The number of hydrogen-bond donors (Lipinski definition) is 0. The molecule has 3 aromatic rings. The van der Waals surface area contributed by atoms with Crippen molar-refractivity contribution < 1.29 is 17.9 Å². The average molecular weight is 472 g/mol. The molecule has 32 heavy (non-hydrogen) atoms. The highest BCUT2D eigenvalue weighted by atomic mass is 35.5. The molecule has 0 saturated carbocycles. The van der Waals surface area contributed by atoms with Gasteiger partial charge in [-0.3, -0.25) is 0 Å². The number of hydrogen-bond acceptors (Lipinski definition) is 5. The average Bonchev–Trinajstić information content (AvgIpc) is 2.99. The maximum absolute atomic E-state index is 13.4. The van der Waals surface area contributed by atoms with Gasteiger partial charge in [0.2, 0.25) is 9.84 Å². The summed E-state index contributed by atoms with van der Waals surface area (Å²) in [4.78, 5) is 2.67. The van der Waals surface area contributed by atoms with E-state index in [9.17, 15) is 8.42 Å². The molecule has 1 heterocycles. The zero-order valence-corrected chi connectivity index (χ0v) is 19.7. The van der Waals surface area contributed by atoms with Crippen molar-refractivity contribution in [3.63, 3.8) is 0 Å². The zero-order chi connectivity index (χ0) is 22.7. The lowest BCUT2D eigenvalue weighted by molar-refractivity contribution is 0.306. The Bertz CT molecular complexity index is 1190. The number of ether oxygens (including phenoxy) is 2. The summed E-state index contributed by atoms with van der Waals surface area (Å²) in [5.74, 6) is 0.979. The molecule has 4 rings (SSSR count). The van der Waals surface area contributed by atoms with Gasteiger partial charge >= 0.3 is 0 Å². The number of fused-ring (bicyclic) bond motifs is 1. The molecule has 7 heteroatoms. The monoisotopic (exact) mass is 471 g/mol. The van der Waals surface area contributed by atoms with E-state index in [1.165, 1.54) is 7.11 Å². The molecule has 0 amide bonds. The summed E-state index contributed by atoms with van der Waals surface area (Å²) in [6.07, 6.45) is 1.69. The summed E-state index contributed by atoms with van der Waals surface area (Å²) < 4.78 is 38.1. The summed E-state index contributed by atoms with van der Waals surface area (Å²) in [6.45, 7) is 2.22. The maximum Gasteiger partial charge on any atom is 0.210 e. The van der Waals surface area contributed by atoms with Crippen LogP contribution in [0.3, 0.4) is 0 Å². The molecule has 3 aromatic carbocycles. The van der Waals surface area contributed by atoms with Gasteiger partial charge in [0.25, 0.3) is 0 Å². The quantitative estimate of drug-likeness (QED) is 0.517. The van der Waals surface area contributed by atoms with Crippen molar-refractivity contribution in [2.45, 2.75) is 29.2 Å². The molecule has 0 aromatic heterocycles. The predicted octanol–water partition coefficient (Wildman–Crippen LogP) is 4.79. The van der Waals surface area contributed by atoms with E-state index in [0.29, 0.717) is 23.1 Å². The summed E-state index contributed by atoms with van der Waals surface area (Å²) >= 11 is 5.91. The van der Waals surface area contributed by atoms with E-state index in [1.54, 1.807) is 30.3 Å². The van der Waals surface area contributed by atoms with Crippen LogP contribution >= 0.6 is 11.6 Å². The van der Waals surface area contributed by atoms with Gasteiger partial charge in [-0.1, -0.05) is 23.7 Å². The fourth-order valence-corrected chi connectivity index (χ4v) is 5.38. The highest BCUT2D eigenvalue weighted by Crippen LogP contribution is 2.34. The molecule has 0 saturated heterocycles. The molecule has 0 unspecified atom stereocenters. The molecule has 0 N–H and O–H groups in total. The second-order valence-electron chi connectivity index (χ2n) is 7.97. The van der Waals surface area contributed by atoms with Crippen LogP contribution in [0, 0.1) is 0 Å². The number of benzene rings is 3. The lowest BCUT2D eigenvalue weighted by atomic mass is 10.0. The Hall–Kier alpha value is -2.54. The summed E-state index contributed by atoms with van der Waals surface area (Å²) in [6, 6.07) is 17.6. The predicted molar refractivity (Wildman–Crippen MR) is 126 cm³/mol. The first-order valence-electron chi connectivity index (χ1n) is 10.5. The van der Waals surface area contributed by atoms with Gasteiger partial charge in [0.15, 0.2) is 0 Å². The van der Waals surface area contributed by atoms with Crippen molar-refractivity contribution in [2.24, 2.45) is 0 Å². The van der Waals surface area contributed by atoms with Crippen LogP contribution in [0.15, 0.2) is 70.5 Å². The lowest BCUT2D eigenvalue weighted by Crippen LogP contribution is -2.20. The Morgan fingerprint density at radius 1 is 0.938 bits per heavy atom. The van der Waals surface area contributed by atoms with Crippen molar-refractivity contribution in [2.75, 3.05) is 27.2 Å². The third-order valence-corrected chi connectivity index (χ3v) is 7.80. The highest BCUT2D eigenvalue weighted by molar-refractivity contribution is 7.91. The van der Waals surface area contributed by atoms with E-state index in [1.807, 2.05) is 30.3 Å². The lowest BCUT2D eigenvalue weighted by Gasteiger charge is -2.15. The smallest absolute Gasteiger partial charge is 0.210 e. The molecule has 1 aliphatic heterocycles. The minimum absolute atomic E-state index is 0.207. The van der Waals surface area contributed by atoms with Gasteiger partial charge in [0.05, 0.1) is 12.0 Å². The van der Waals surface area contributed by atoms with Crippen LogP contribution in [0.25, 0.3) is 0 Å². The first-order chi connectivity index (χ1) is 15.4. The Morgan fingerprint density at radius 3 is 2.19 bits per heavy atom. The van der Waals surface area contributed by atoms with E-state index in [4.69, 9.17) is 21.1 Å². The fourth-order valence-electron chi connectivity index (χ4n) is 3.80. The summed E-state index contributed by atoms with van der Waals surface area (Å²) in [7, 11) is -0.146. The van der Waals surface area contributed by atoms with E-state index >= 15 is 0 Å². The van der Waals surface area contributed by atoms with Crippen LogP contribution < -0.4 is 9.47 Å². The zero-order valence-electron chi connectivity index (χ0n) is 18.2. The Morgan fingerprint density at radius 2 is 1.56 bits per heavy atom. The van der Waals surface area contributed by atoms with E-state index in [-0.39, 0.29) is 9.79 Å². The van der Waals surface area contributed by atoms with Gasteiger partial charge in [0, 0.05) is 18.1 Å². The first kappa shape index (κ1) is 22.6.